The summed E-state index contributed by atoms with van der Waals surface area (Å²) in [5, 5.41) is 33.2. The molecule has 7 nitrogen and oxygen atoms in total. The first-order valence-electron chi connectivity index (χ1n) is 6.68. The minimum atomic E-state index is -1.31. The van der Waals surface area contributed by atoms with Crippen LogP contribution in [0.5, 0.6) is 5.75 Å². The zero-order chi connectivity index (χ0) is 17.9. The molecule has 0 fully saturated rings. The number of halogens is 2. The third-order valence-corrected chi connectivity index (χ3v) is 3.67. The van der Waals surface area contributed by atoms with Crippen molar-refractivity contribution in [1.82, 2.24) is 0 Å². The van der Waals surface area contributed by atoms with E-state index in [1.807, 2.05) is 0 Å². The Balaban J connectivity index is 2.08. The van der Waals surface area contributed by atoms with E-state index in [9.17, 15) is 25.1 Å². The molecule has 1 atom stereocenters. The number of Topliss-reactive ketones (excluding diaryl/α,β-unsaturated/α-hetero) is 1. The molecule has 0 radical (unpaired) electrons. The number of aliphatic hydroxyl groups is 1. The number of nitrogens with zero attached hydrogens (tertiary/aromatic N) is 1. The summed E-state index contributed by atoms with van der Waals surface area (Å²) in [6.45, 7) is 0. The molecule has 0 saturated carbocycles. The van der Waals surface area contributed by atoms with Crippen molar-refractivity contribution in [1.29, 1.82) is 0 Å². The lowest BCUT2D eigenvalue weighted by molar-refractivity contribution is -0.384. The third-order valence-electron chi connectivity index (χ3n) is 3.12. The second-order valence-corrected chi connectivity index (χ2v) is 5.71. The molecule has 126 valence electrons. The van der Waals surface area contributed by atoms with E-state index in [4.69, 9.17) is 23.2 Å². The Kier molecular flexibility index (Phi) is 5.61. The van der Waals surface area contributed by atoms with Crippen LogP contribution >= 0.6 is 23.2 Å². The molecule has 0 amide bonds. The zero-order valence-electron chi connectivity index (χ0n) is 12.1. The fourth-order valence-electron chi connectivity index (χ4n) is 1.98. The topological polar surface area (TPSA) is 113 Å². The average molecular weight is 371 g/mol. The Hall–Kier alpha value is -2.35. The average Bonchev–Trinajstić information content (AvgIpc) is 2.51. The molecule has 0 saturated heterocycles. The minimum absolute atomic E-state index is 0.0156. The van der Waals surface area contributed by atoms with E-state index in [-0.39, 0.29) is 39.2 Å². The van der Waals surface area contributed by atoms with E-state index in [0.717, 1.165) is 6.07 Å². The van der Waals surface area contributed by atoms with Crippen LogP contribution in [0.15, 0.2) is 36.4 Å². The first kappa shape index (κ1) is 18.0. The number of carbonyl (C=O) groups excluding carboxylic acids is 1. The fourth-order valence-corrected chi connectivity index (χ4v) is 2.38. The molecular formula is C15H12Cl2N2O5. The van der Waals surface area contributed by atoms with Gasteiger partial charge in [-0.1, -0.05) is 23.2 Å². The van der Waals surface area contributed by atoms with Crippen LogP contribution in [0, 0.1) is 10.1 Å². The van der Waals surface area contributed by atoms with E-state index in [2.05, 4.69) is 5.32 Å². The van der Waals surface area contributed by atoms with Crippen LogP contribution in [-0.2, 0) is 0 Å². The molecular weight excluding hydrogens is 359 g/mol. The molecule has 2 aromatic rings. The minimum Gasteiger partial charge on any atom is -0.507 e. The molecule has 2 rings (SSSR count). The number of non-ortho nitro benzene ring substituents is 1. The number of aliphatic hydroxyl groups excluding tert-OH is 1. The molecule has 0 aliphatic heterocycles. The highest BCUT2D eigenvalue weighted by molar-refractivity contribution is 6.33. The highest BCUT2D eigenvalue weighted by atomic mass is 35.5. The Morgan fingerprint density at radius 2 is 1.96 bits per heavy atom. The molecule has 0 aliphatic carbocycles. The molecule has 0 spiro atoms. The maximum absolute atomic E-state index is 12.1. The maximum atomic E-state index is 12.1. The quantitative estimate of drug-likeness (QED) is 0.309. The van der Waals surface area contributed by atoms with Gasteiger partial charge in [-0.3, -0.25) is 14.9 Å². The summed E-state index contributed by atoms with van der Waals surface area (Å²) in [5.41, 5.74) is 0.0241. The van der Waals surface area contributed by atoms with E-state index in [1.165, 1.54) is 30.3 Å². The predicted molar refractivity (Wildman–Crippen MR) is 89.8 cm³/mol. The molecule has 1 unspecified atom stereocenters. The van der Waals surface area contributed by atoms with Gasteiger partial charge in [-0.25, -0.2) is 0 Å². The number of hydrogen-bond acceptors (Lipinski definition) is 6. The molecule has 0 heterocycles. The number of hydrogen-bond donors (Lipinski definition) is 3. The molecule has 9 heteroatoms. The van der Waals surface area contributed by atoms with Crippen molar-refractivity contribution in [3.8, 4) is 5.75 Å². The summed E-state index contributed by atoms with van der Waals surface area (Å²) in [6.07, 6.45) is -1.67. The Morgan fingerprint density at radius 3 is 2.58 bits per heavy atom. The van der Waals surface area contributed by atoms with Crippen molar-refractivity contribution in [3.63, 3.8) is 0 Å². The van der Waals surface area contributed by atoms with Gasteiger partial charge in [0, 0.05) is 17.2 Å². The summed E-state index contributed by atoms with van der Waals surface area (Å²) >= 11 is 11.7. The lowest BCUT2D eigenvalue weighted by Crippen LogP contribution is -2.23. The van der Waals surface area contributed by atoms with Gasteiger partial charge < -0.3 is 15.5 Å². The molecule has 24 heavy (non-hydrogen) atoms. The molecule has 0 aliphatic rings. The number of nitrogens with one attached hydrogen (secondary N) is 1. The highest BCUT2D eigenvalue weighted by Gasteiger charge is 2.18. The van der Waals surface area contributed by atoms with Crippen molar-refractivity contribution >= 4 is 40.4 Å². The van der Waals surface area contributed by atoms with Gasteiger partial charge in [0.25, 0.3) is 5.69 Å². The maximum Gasteiger partial charge on any atom is 0.271 e. The van der Waals surface area contributed by atoms with E-state index >= 15 is 0 Å². The molecule has 3 N–H and O–H groups in total. The van der Waals surface area contributed by atoms with Gasteiger partial charge in [0.2, 0.25) is 0 Å². The predicted octanol–water partition coefficient (Wildman–Crippen LogP) is 3.61. The third kappa shape index (κ3) is 4.35. The number of aromatic hydroxyl groups is 1. The van der Waals surface area contributed by atoms with Crippen molar-refractivity contribution in [3.05, 3.63) is 62.1 Å². The molecule has 2 aromatic carbocycles. The number of ketones is 1. The van der Waals surface area contributed by atoms with Gasteiger partial charge in [0.05, 0.1) is 27.6 Å². The monoisotopic (exact) mass is 370 g/mol. The number of nitro benzene ring substituents is 1. The zero-order valence-corrected chi connectivity index (χ0v) is 13.6. The summed E-state index contributed by atoms with van der Waals surface area (Å²) in [5.74, 6) is -0.780. The fraction of sp³-hybridized carbons (Fsp3) is 0.133. The lowest BCUT2D eigenvalue weighted by Gasteiger charge is -2.15. The summed E-state index contributed by atoms with van der Waals surface area (Å²) < 4.78 is 0. The number of phenols is 1. The van der Waals surface area contributed by atoms with Crippen molar-refractivity contribution in [2.75, 3.05) is 5.32 Å². The second-order valence-electron chi connectivity index (χ2n) is 4.87. The van der Waals surface area contributed by atoms with Gasteiger partial charge in [-0.2, -0.15) is 0 Å². The van der Waals surface area contributed by atoms with E-state index in [0.29, 0.717) is 0 Å². The standard InChI is InChI=1S/C15H12Cl2N2O5/c16-8-1-4-13(20)10(5-8)14(21)7-15(22)18-12-3-2-9(19(23)24)6-11(12)17/h1-6,15,18,20,22H,7H2. The first-order chi connectivity index (χ1) is 11.3. The Bertz CT molecular complexity index is 797. The van der Waals surface area contributed by atoms with Crippen molar-refractivity contribution in [2.24, 2.45) is 0 Å². The van der Waals surface area contributed by atoms with Crippen molar-refractivity contribution in [2.45, 2.75) is 12.6 Å². The SMILES string of the molecule is O=C(CC(O)Nc1ccc([N+](=O)[O-])cc1Cl)c1cc(Cl)ccc1O. The van der Waals surface area contributed by atoms with Crippen LogP contribution in [0.2, 0.25) is 10.0 Å². The number of benzene rings is 2. The van der Waals surface area contributed by atoms with Crippen molar-refractivity contribution < 1.29 is 19.9 Å². The van der Waals surface area contributed by atoms with Gasteiger partial charge in [-0.15, -0.1) is 0 Å². The van der Waals surface area contributed by atoms with Crippen LogP contribution in [-0.4, -0.2) is 27.1 Å². The summed E-state index contributed by atoms with van der Waals surface area (Å²) in [6, 6.07) is 7.67. The highest BCUT2D eigenvalue weighted by Crippen LogP contribution is 2.28. The number of nitro groups is 1. The van der Waals surface area contributed by atoms with Crippen LogP contribution < -0.4 is 5.32 Å². The number of anilines is 1. The number of phenolic OH excluding ortho intramolecular Hbond substituents is 1. The van der Waals surface area contributed by atoms with E-state index in [1.54, 1.807) is 0 Å². The van der Waals surface area contributed by atoms with Gasteiger partial charge >= 0.3 is 0 Å². The van der Waals surface area contributed by atoms with Gasteiger partial charge in [0.1, 0.15) is 12.0 Å². The normalized spacial score (nSPS) is 11.8. The largest absolute Gasteiger partial charge is 0.507 e. The van der Waals surface area contributed by atoms with Gasteiger partial charge in [0.15, 0.2) is 5.78 Å². The summed E-state index contributed by atoms with van der Waals surface area (Å²) in [4.78, 5) is 22.2. The van der Waals surface area contributed by atoms with Crippen LogP contribution in [0.4, 0.5) is 11.4 Å². The van der Waals surface area contributed by atoms with Crippen LogP contribution in [0.3, 0.4) is 0 Å². The van der Waals surface area contributed by atoms with E-state index < -0.39 is 16.9 Å². The second kappa shape index (κ2) is 7.48. The molecule has 0 aromatic heterocycles. The number of carbonyl (C=O) groups is 1. The smallest absolute Gasteiger partial charge is 0.271 e. The summed E-state index contributed by atoms with van der Waals surface area (Å²) in [7, 11) is 0. The Labute approximate surface area is 146 Å². The molecule has 0 bridgehead atoms. The van der Waals surface area contributed by atoms with Crippen LogP contribution in [0.1, 0.15) is 16.8 Å². The van der Waals surface area contributed by atoms with Crippen LogP contribution in [0.25, 0.3) is 0 Å². The number of rotatable bonds is 6. The first-order valence-corrected chi connectivity index (χ1v) is 7.44. The lowest BCUT2D eigenvalue weighted by atomic mass is 10.1. The van der Waals surface area contributed by atoms with Gasteiger partial charge in [-0.05, 0) is 24.3 Å². The Morgan fingerprint density at radius 1 is 1.25 bits per heavy atom.